The van der Waals surface area contributed by atoms with E-state index in [1.807, 2.05) is 17.5 Å². The predicted molar refractivity (Wildman–Crippen MR) is 110 cm³/mol. The van der Waals surface area contributed by atoms with Crippen LogP contribution in [0.4, 0.5) is 0 Å². The minimum atomic E-state index is -0.141. The van der Waals surface area contributed by atoms with Crippen LogP contribution in [-0.4, -0.2) is 53.2 Å². The van der Waals surface area contributed by atoms with Crippen LogP contribution in [0.3, 0.4) is 0 Å². The molecule has 0 saturated carbocycles. The van der Waals surface area contributed by atoms with Crippen LogP contribution >= 0.6 is 23.1 Å². The largest absolute Gasteiger partial charge is 0.496 e. The van der Waals surface area contributed by atoms with Crippen molar-refractivity contribution in [3.8, 4) is 17.2 Å². The van der Waals surface area contributed by atoms with Gasteiger partial charge in [-0.25, -0.2) is 4.68 Å². The van der Waals surface area contributed by atoms with Gasteiger partial charge >= 0.3 is 0 Å². The SMILES string of the molecule is COc1cc(OC)c(OC)cc1CNC(=O)CSc1nnnn1Cc1cccs1. The fourth-order valence-corrected chi connectivity index (χ4v) is 3.95. The summed E-state index contributed by atoms with van der Waals surface area (Å²) >= 11 is 2.92. The zero-order valence-electron chi connectivity index (χ0n) is 16.2. The van der Waals surface area contributed by atoms with Crippen molar-refractivity contribution in [3.05, 3.63) is 40.1 Å². The molecule has 0 spiro atoms. The van der Waals surface area contributed by atoms with Crippen molar-refractivity contribution in [1.82, 2.24) is 25.5 Å². The molecule has 3 rings (SSSR count). The molecule has 9 nitrogen and oxygen atoms in total. The lowest BCUT2D eigenvalue weighted by Gasteiger charge is -2.14. The molecular formula is C18H21N5O4S2. The van der Waals surface area contributed by atoms with Crippen LogP contribution in [0.2, 0.25) is 0 Å². The van der Waals surface area contributed by atoms with Crippen LogP contribution < -0.4 is 19.5 Å². The van der Waals surface area contributed by atoms with Crippen molar-refractivity contribution in [2.75, 3.05) is 27.1 Å². The van der Waals surface area contributed by atoms with Gasteiger partial charge in [-0.05, 0) is 27.9 Å². The van der Waals surface area contributed by atoms with E-state index in [0.717, 1.165) is 10.4 Å². The van der Waals surface area contributed by atoms with Crippen LogP contribution in [0.1, 0.15) is 10.4 Å². The number of carbonyl (C=O) groups excluding carboxylic acids is 1. The van der Waals surface area contributed by atoms with Crippen LogP contribution in [0.15, 0.2) is 34.8 Å². The van der Waals surface area contributed by atoms with E-state index >= 15 is 0 Å². The molecule has 0 saturated heterocycles. The van der Waals surface area contributed by atoms with Crippen LogP contribution in [0.25, 0.3) is 0 Å². The Kier molecular flexibility index (Phi) is 7.30. The lowest BCUT2D eigenvalue weighted by molar-refractivity contribution is -0.118. The molecule has 29 heavy (non-hydrogen) atoms. The first-order valence-electron chi connectivity index (χ1n) is 8.61. The zero-order valence-corrected chi connectivity index (χ0v) is 17.9. The predicted octanol–water partition coefficient (Wildman–Crippen LogP) is 2.22. The molecule has 2 heterocycles. The molecule has 1 amide bonds. The summed E-state index contributed by atoms with van der Waals surface area (Å²) in [7, 11) is 4.68. The maximum atomic E-state index is 12.3. The second-order valence-electron chi connectivity index (χ2n) is 5.78. The average Bonchev–Trinajstić information content (AvgIpc) is 3.42. The van der Waals surface area contributed by atoms with Gasteiger partial charge in [-0.15, -0.1) is 16.4 Å². The average molecular weight is 436 g/mol. The van der Waals surface area contributed by atoms with E-state index in [1.54, 1.807) is 49.5 Å². The minimum Gasteiger partial charge on any atom is -0.496 e. The Balaban J connectivity index is 1.56. The number of hydrogen-bond acceptors (Lipinski definition) is 9. The maximum Gasteiger partial charge on any atom is 0.230 e. The molecule has 1 N–H and O–H groups in total. The number of carbonyl (C=O) groups is 1. The van der Waals surface area contributed by atoms with Gasteiger partial charge in [-0.3, -0.25) is 4.79 Å². The van der Waals surface area contributed by atoms with Gasteiger partial charge in [0, 0.05) is 23.1 Å². The number of tetrazole rings is 1. The fraction of sp³-hybridized carbons (Fsp3) is 0.333. The van der Waals surface area contributed by atoms with Gasteiger partial charge in [-0.2, -0.15) is 0 Å². The number of thioether (sulfide) groups is 1. The van der Waals surface area contributed by atoms with Gasteiger partial charge in [0.1, 0.15) is 5.75 Å². The summed E-state index contributed by atoms with van der Waals surface area (Å²) in [5.41, 5.74) is 0.783. The Morgan fingerprint density at radius 3 is 2.62 bits per heavy atom. The Hall–Kier alpha value is -2.79. The number of nitrogens with zero attached hydrogens (tertiary/aromatic N) is 4. The monoisotopic (exact) mass is 435 g/mol. The van der Waals surface area contributed by atoms with Crippen molar-refractivity contribution in [1.29, 1.82) is 0 Å². The Morgan fingerprint density at radius 2 is 1.93 bits per heavy atom. The number of nitrogens with one attached hydrogen (secondary N) is 1. The normalized spacial score (nSPS) is 10.6. The van der Waals surface area contributed by atoms with Crippen LogP contribution in [0.5, 0.6) is 17.2 Å². The van der Waals surface area contributed by atoms with Gasteiger partial charge in [-0.1, -0.05) is 17.8 Å². The molecule has 0 aliphatic heterocycles. The molecule has 0 aliphatic rings. The van der Waals surface area contributed by atoms with E-state index in [-0.39, 0.29) is 11.7 Å². The van der Waals surface area contributed by atoms with Crippen molar-refractivity contribution < 1.29 is 19.0 Å². The zero-order chi connectivity index (χ0) is 20.6. The first-order valence-corrected chi connectivity index (χ1v) is 10.5. The highest BCUT2D eigenvalue weighted by Crippen LogP contribution is 2.34. The third-order valence-electron chi connectivity index (χ3n) is 3.98. The Morgan fingerprint density at radius 1 is 1.17 bits per heavy atom. The van der Waals surface area contributed by atoms with Crippen LogP contribution in [-0.2, 0) is 17.9 Å². The summed E-state index contributed by atoms with van der Waals surface area (Å²) in [6, 6.07) is 7.51. The highest BCUT2D eigenvalue weighted by molar-refractivity contribution is 7.99. The number of thiophene rings is 1. The molecule has 3 aromatic rings. The van der Waals surface area contributed by atoms with E-state index < -0.39 is 0 Å². The van der Waals surface area contributed by atoms with Crippen molar-refractivity contribution in [2.45, 2.75) is 18.2 Å². The minimum absolute atomic E-state index is 0.141. The standard InChI is InChI=1S/C18H21N5O4S2/c1-25-14-8-16(27-3)15(26-2)7-12(14)9-19-17(24)11-29-18-20-21-22-23(18)10-13-5-4-6-28-13/h4-8H,9-11H2,1-3H3,(H,19,24). The van der Waals surface area contributed by atoms with Crippen molar-refractivity contribution >= 4 is 29.0 Å². The van der Waals surface area contributed by atoms with Gasteiger partial charge in [0.2, 0.25) is 11.1 Å². The molecule has 0 unspecified atom stereocenters. The quantitative estimate of drug-likeness (QED) is 0.484. The van der Waals surface area contributed by atoms with Crippen molar-refractivity contribution in [3.63, 3.8) is 0 Å². The smallest absolute Gasteiger partial charge is 0.230 e. The van der Waals surface area contributed by atoms with Gasteiger partial charge < -0.3 is 19.5 Å². The second-order valence-corrected chi connectivity index (χ2v) is 7.76. The first kappa shape index (κ1) is 20.9. The third-order valence-corrected chi connectivity index (χ3v) is 5.80. The number of benzene rings is 1. The molecular weight excluding hydrogens is 414 g/mol. The lowest BCUT2D eigenvalue weighted by Crippen LogP contribution is -2.25. The fourth-order valence-electron chi connectivity index (χ4n) is 2.55. The van der Waals surface area contributed by atoms with Gasteiger partial charge in [0.05, 0.1) is 33.6 Å². The summed E-state index contributed by atoms with van der Waals surface area (Å²) < 4.78 is 17.7. The molecule has 0 bridgehead atoms. The number of amides is 1. The number of ether oxygens (including phenoxy) is 3. The second kappa shape index (κ2) is 10.1. The molecule has 0 atom stereocenters. The summed E-state index contributed by atoms with van der Waals surface area (Å²) in [4.78, 5) is 13.5. The molecule has 0 radical (unpaired) electrons. The van der Waals surface area contributed by atoms with Gasteiger partial charge in [0.15, 0.2) is 11.5 Å². The summed E-state index contributed by atoms with van der Waals surface area (Å²) in [6.45, 7) is 0.876. The Bertz CT molecular complexity index is 946. The third kappa shape index (κ3) is 5.39. The molecule has 0 fully saturated rings. The van der Waals surface area contributed by atoms with Gasteiger partial charge in [0.25, 0.3) is 0 Å². The number of rotatable bonds is 10. The molecule has 1 aromatic carbocycles. The topological polar surface area (TPSA) is 100 Å². The van der Waals surface area contributed by atoms with Crippen LogP contribution in [0, 0.1) is 0 Å². The highest BCUT2D eigenvalue weighted by Gasteiger charge is 2.14. The lowest BCUT2D eigenvalue weighted by atomic mass is 10.1. The number of aromatic nitrogens is 4. The first-order chi connectivity index (χ1) is 14.1. The molecule has 2 aromatic heterocycles. The van der Waals surface area contributed by atoms with E-state index in [2.05, 4.69) is 20.8 Å². The number of methoxy groups -OCH3 is 3. The van der Waals surface area contributed by atoms with E-state index in [1.165, 1.54) is 11.8 Å². The Labute approximate surface area is 176 Å². The van der Waals surface area contributed by atoms with E-state index in [4.69, 9.17) is 14.2 Å². The maximum absolute atomic E-state index is 12.3. The van der Waals surface area contributed by atoms with Crippen molar-refractivity contribution in [2.24, 2.45) is 0 Å². The molecule has 11 heteroatoms. The van der Waals surface area contributed by atoms with E-state index in [0.29, 0.717) is 35.5 Å². The molecule has 0 aliphatic carbocycles. The summed E-state index contributed by atoms with van der Waals surface area (Å²) in [5.74, 6) is 1.79. The summed E-state index contributed by atoms with van der Waals surface area (Å²) in [6.07, 6.45) is 0. The number of hydrogen-bond donors (Lipinski definition) is 1. The summed E-state index contributed by atoms with van der Waals surface area (Å²) in [5, 5.41) is 17.2. The molecule has 154 valence electrons. The van der Waals surface area contributed by atoms with E-state index in [9.17, 15) is 4.79 Å². The highest BCUT2D eigenvalue weighted by atomic mass is 32.2.